The predicted octanol–water partition coefficient (Wildman–Crippen LogP) is 4.80. The molecule has 0 aliphatic carbocycles. The van der Waals surface area contributed by atoms with Crippen LogP contribution in [0.1, 0.15) is 54.9 Å². The third kappa shape index (κ3) is 7.05. The Morgan fingerprint density at radius 3 is 2.48 bits per heavy atom. The van der Waals surface area contributed by atoms with Crippen LogP contribution in [0.25, 0.3) is 0 Å². The van der Waals surface area contributed by atoms with Crippen molar-refractivity contribution in [3.05, 3.63) is 65.7 Å². The summed E-state index contributed by atoms with van der Waals surface area (Å²) in [5.74, 6) is 0.945. The van der Waals surface area contributed by atoms with E-state index in [0.717, 1.165) is 82.6 Å². The zero-order chi connectivity index (χ0) is 22.9. The van der Waals surface area contributed by atoms with E-state index in [0.29, 0.717) is 6.54 Å². The first-order chi connectivity index (χ1) is 16.2. The SMILES string of the molecule is CCCN(C[C@@H]1CCCO1)C(=O)c1ccc(OC2CCN(CCc3ccccc3)CC2)cc1. The third-order valence-electron chi connectivity index (χ3n) is 6.73. The van der Waals surface area contributed by atoms with Gasteiger partial charge in [-0.1, -0.05) is 37.3 Å². The van der Waals surface area contributed by atoms with Crippen LogP contribution >= 0.6 is 0 Å². The first kappa shape index (κ1) is 23.8. The fraction of sp³-hybridized carbons (Fsp3) is 0.536. The van der Waals surface area contributed by atoms with Gasteiger partial charge in [-0.05, 0) is 68.4 Å². The fourth-order valence-electron chi connectivity index (χ4n) is 4.81. The Balaban J connectivity index is 1.23. The van der Waals surface area contributed by atoms with Crippen molar-refractivity contribution in [1.29, 1.82) is 0 Å². The summed E-state index contributed by atoms with van der Waals surface area (Å²) in [6, 6.07) is 18.4. The molecule has 1 amide bonds. The van der Waals surface area contributed by atoms with Gasteiger partial charge in [-0.3, -0.25) is 4.79 Å². The summed E-state index contributed by atoms with van der Waals surface area (Å²) in [5.41, 5.74) is 2.13. The Bertz CT molecular complexity index is 841. The van der Waals surface area contributed by atoms with Gasteiger partial charge in [0.2, 0.25) is 0 Å². The Morgan fingerprint density at radius 2 is 1.82 bits per heavy atom. The zero-order valence-electron chi connectivity index (χ0n) is 20.0. The highest BCUT2D eigenvalue weighted by Crippen LogP contribution is 2.21. The normalized spacial score (nSPS) is 19.5. The van der Waals surface area contributed by atoms with Gasteiger partial charge in [-0.25, -0.2) is 0 Å². The number of hydrogen-bond acceptors (Lipinski definition) is 4. The van der Waals surface area contributed by atoms with Gasteiger partial charge in [-0.15, -0.1) is 0 Å². The van der Waals surface area contributed by atoms with Crippen molar-refractivity contribution in [2.45, 2.75) is 57.7 Å². The first-order valence-electron chi connectivity index (χ1n) is 12.6. The molecule has 0 unspecified atom stereocenters. The quantitative estimate of drug-likeness (QED) is 0.521. The van der Waals surface area contributed by atoms with Crippen LogP contribution in [0.3, 0.4) is 0 Å². The van der Waals surface area contributed by atoms with E-state index in [-0.39, 0.29) is 18.1 Å². The maximum Gasteiger partial charge on any atom is 0.253 e. The summed E-state index contributed by atoms with van der Waals surface area (Å²) in [6.07, 6.45) is 6.70. The largest absolute Gasteiger partial charge is 0.490 e. The number of likely N-dealkylation sites (tertiary alicyclic amines) is 1. The molecule has 0 spiro atoms. The Morgan fingerprint density at radius 1 is 1.06 bits per heavy atom. The van der Waals surface area contributed by atoms with Crippen LogP contribution in [0.15, 0.2) is 54.6 Å². The predicted molar refractivity (Wildman–Crippen MR) is 132 cm³/mol. The number of carbonyl (C=O) groups is 1. The van der Waals surface area contributed by atoms with Gasteiger partial charge in [0.15, 0.2) is 0 Å². The van der Waals surface area contributed by atoms with E-state index < -0.39 is 0 Å². The molecular formula is C28H38N2O3. The van der Waals surface area contributed by atoms with Crippen molar-refractivity contribution in [3.63, 3.8) is 0 Å². The van der Waals surface area contributed by atoms with Gasteiger partial charge in [0.25, 0.3) is 5.91 Å². The average Bonchev–Trinajstić information content (AvgIpc) is 3.37. The van der Waals surface area contributed by atoms with Crippen LogP contribution in [0.4, 0.5) is 0 Å². The molecule has 33 heavy (non-hydrogen) atoms. The Labute approximate surface area is 198 Å². The molecular weight excluding hydrogens is 412 g/mol. The molecule has 4 rings (SSSR count). The standard InChI is InChI=1S/C28H38N2O3/c1-2-17-30(22-27-9-6-21-32-27)28(31)24-10-12-25(13-11-24)33-26-15-19-29(20-16-26)18-14-23-7-4-3-5-8-23/h3-5,7-8,10-13,26-27H,2,6,9,14-22H2,1H3/t27-/m0/s1. The van der Waals surface area contributed by atoms with Gasteiger partial charge >= 0.3 is 0 Å². The van der Waals surface area contributed by atoms with E-state index in [9.17, 15) is 4.79 Å². The van der Waals surface area contributed by atoms with E-state index in [1.54, 1.807) is 0 Å². The van der Waals surface area contributed by atoms with Crippen molar-refractivity contribution in [2.75, 3.05) is 39.3 Å². The van der Waals surface area contributed by atoms with Crippen LogP contribution in [-0.2, 0) is 11.2 Å². The maximum atomic E-state index is 13.0. The van der Waals surface area contributed by atoms with E-state index >= 15 is 0 Å². The van der Waals surface area contributed by atoms with E-state index in [1.807, 2.05) is 29.2 Å². The van der Waals surface area contributed by atoms with Crippen molar-refractivity contribution < 1.29 is 14.3 Å². The summed E-state index contributed by atoms with van der Waals surface area (Å²) in [5, 5.41) is 0. The lowest BCUT2D eigenvalue weighted by Crippen LogP contribution is -2.39. The number of piperidine rings is 1. The summed E-state index contributed by atoms with van der Waals surface area (Å²) in [7, 11) is 0. The van der Waals surface area contributed by atoms with Gasteiger partial charge in [0.05, 0.1) is 6.10 Å². The summed E-state index contributed by atoms with van der Waals surface area (Å²) in [4.78, 5) is 17.5. The number of nitrogens with zero attached hydrogens (tertiary/aromatic N) is 2. The van der Waals surface area contributed by atoms with Crippen LogP contribution in [0.2, 0.25) is 0 Å². The van der Waals surface area contributed by atoms with Crippen molar-refractivity contribution in [1.82, 2.24) is 9.80 Å². The molecule has 1 atom stereocenters. The topological polar surface area (TPSA) is 42.0 Å². The summed E-state index contributed by atoms with van der Waals surface area (Å²) >= 11 is 0. The third-order valence-corrected chi connectivity index (χ3v) is 6.73. The second kappa shape index (κ2) is 12.2. The monoisotopic (exact) mass is 450 g/mol. The van der Waals surface area contributed by atoms with E-state index in [2.05, 4.69) is 42.2 Å². The molecule has 0 N–H and O–H groups in total. The Hall–Kier alpha value is -2.37. The number of rotatable bonds is 10. The molecule has 5 nitrogen and oxygen atoms in total. The molecule has 0 radical (unpaired) electrons. The molecule has 2 aromatic carbocycles. The van der Waals surface area contributed by atoms with Crippen molar-refractivity contribution >= 4 is 5.91 Å². The van der Waals surface area contributed by atoms with Crippen LogP contribution < -0.4 is 4.74 Å². The number of ether oxygens (including phenoxy) is 2. The Kier molecular flexibility index (Phi) is 8.79. The average molecular weight is 451 g/mol. The first-order valence-corrected chi connectivity index (χ1v) is 12.6. The smallest absolute Gasteiger partial charge is 0.253 e. The second-order valence-corrected chi connectivity index (χ2v) is 9.31. The molecule has 2 aliphatic heterocycles. The zero-order valence-corrected chi connectivity index (χ0v) is 20.0. The lowest BCUT2D eigenvalue weighted by atomic mass is 10.1. The van der Waals surface area contributed by atoms with Gasteiger partial charge < -0.3 is 19.3 Å². The molecule has 2 saturated heterocycles. The fourth-order valence-corrected chi connectivity index (χ4v) is 4.81. The van der Waals surface area contributed by atoms with Gasteiger partial charge in [0, 0.05) is 44.9 Å². The highest BCUT2D eigenvalue weighted by atomic mass is 16.5. The lowest BCUT2D eigenvalue weighted by molar-refractivity contribution is 0.0526. The maximum absolute atomic E-state index is 13.0. The molecule has 0 bridgehead atoms. The summed E-state index contributed by atoms with van der Waals surface area (Å²) in [6.45, 7) is 7.63. The van der Waals surface area contributed by atoms with Gasteiger partial charge in [-0.2, -0.15) is 0 Å². The molecule has 178 valence electrons. The minimum Gasteiger partial charge on any atom is -0.490 e. The van der Waals surface area contributed by atoms with E-state index in [1.165, 1.54) is 5.56 Å². The molecule has 2 heterocycles. The second-order valence-electron chi connectivity index (χ2n) is 9.31. The number of benzene rings is 2. The molecule has 2 aromatic rings. The van der Waals surface area contributed by atoms with Crippen molar-refractivity contribution in [2.24, 2.45) is 0 Å². The van der Waals surface area contributed by atoms with E-state index in [4.69, 9.17) is 9.47 Å². The van der Waals surface area contributed by atoms with Crippen LogP contribution in [0.5, 0.6) is 5.75 Å². The van der Waals surface area contributed by atoms with Gasteiger partial charge in [0.1, 0.15) is 11.9 Å². The summed E-state index contributed by atoms with van der Waals surface area (Å²) < 4.78 is 12.0. The van der Waals surface area contributed by atoms with Crippen LogP contribution in [0, 0.1) is 0 Å². The minimum absolute atomic E-state index is 0.0885. The lowest BCUT2D eigenvalue weighted by Gasteiger charge is -2.32. The number of hydrogen-bond donors (Lipinski definition) is 0. The molecule has 0 aromatic heterocycles. The number of amides is 1. The highest BCUT2D eigenvalue weighted by molar-refractivity contribution is 5.94. The molecule has 2 aliphatic rings. The molecule has 2 fully saturated rings. The molecule has 0 saturated carbocycles. The molecule has 5 heteroatoms. The number of carbonyl (C=O) groups excluding carboxylic acids is 1. The van der Waals surface area contributed by atoms with Crippen LogP contribution in [-0.4, -0.2) is 67.2 Å². The highest BCUT2D eigenvalue weighted by Gasteiger charge is 2.24. The van der Waals surface area contributed by atoms with Crippen molar-refractivity contribution in [3.8, 4) is 5.75 Å². The minimum atomic E-state index is 0.0885.